The van der Waals surface area contributed by atoms with E-state index in [-0.39, 0.29) is 5.91 Å². The summed E-state index contributed by atoms with van der Waals surface area (Å²) in [6.07, 6.45) is 1.01. The van der Waals surface area contributed by atoms with Gasteiger partial charge in [0.15, 0.2) is 0 Å². The number of carbonyl (C=O) groups is 1. The van der Waals surface area contributed by atoms with Crippen LogP contribution in [0.25, 0.3) is 21.1 Å². The van der Waals surface area contributed by atoms with Crippen molar-refractivity contribution >= 4 is 49.7 Å². The number of fused-ring (bicyclic) bond motifs is 2. The van der Waals surface area contributed by atoms with Crippen LogP contribution < -0.4 is 11.1 Å². The van der Waals surface area contributed by atoms with E-state index < -0.39 is 6.10 Å². The van der Waals surface area contributed by atoms with Crippen LogP contribution in [0.4, 0.5) is 11.4 Å². The van der Waals surface area contributed by atoms with Gasteiger partial charge in [0.1, 0.15) is 9.71 Å². The highest BCUT2D eigenvalue weighted by Crippen LogP contribution is 2.35. The lowest BCUT2D eigenvalue weighted by Crippen LogP contribution is -2.12. The summed E-state index contributed by atoms with van der Waals surface area (Å²) in [6, 6.07) is 11.2. The predicted octanol–water partition coefficient (Wildman–Crippen LogP) is 4.04. The highest BCUT2D eigenvalue weighted by atomic mass is 32.1. The van der Waals surface area contributed by atoms with E-state index in [1.807, 2.05) is 37.3 Å². The Balaban J connectivity index is 1.75. The number of aromatic nitrogens is 2. The number of amides is 1. The predicted molar refractivity (Wildman–Crippen MR) is 109 cm³/mol. The van der Waals surface area contributed by atoms with Gasteiger partial charge in [0.25, 0.3) is 5.91 Å². The third kappa shape index (κ3) is 3.01. The van der Waals surface area contributed by atoms with Crippen molar-refractivity contribution in [3.63, 3.8) is 0 Å². The molecule has 0 aliphatic carbocycles. The molecule has 7 heteroatoms. The van der Waals surface area contributed by atoms with Crippen LogP contribution in [0.3, 0.4) is 0 Å². The van der Waals surface area contributed by atoms with E-state index in [1.54, 1.807) is 19.2 Å². The second kappa shape index (κ2) is 6.61. The third-order valence-electron chi connectivity index (χ3n) is 4.50. The van der Waals surface area contributed by atoms with Gasteiger partial charge in [0.05, 0.1) is 23.0 Å². The molecule has 1 amide bonds. The number of para-hydroxylation sites is 1. The Morgan fingerprint density at radius 2 is 2.04 bits per heavy atom. The number of thiophene rings is 1. The molecular weight excluding hydrogens is 360 g/mol. The highest BCUT2D eigenvalue weighted by Gasteiger charge is 2.20. The fourth-order valence-corrected chi connectivity index (χ4v) is 4.14. The Hall–Kier alpha value is -3.03. The van der Waals surface area contributed by atoms with Crippen LogP contribution in [0.15, 0.2) is 42.6 Å². The first kappa shape index (κ1) is 17.4. The molecule has 1 aromatic carbocycles. The zero-order chi connectivity index (χ0) is 19.1. The van der Waals surface area contributed by atoms with Crippen molar-refractivity contribution < 1.29 is 9.90 Å². The van der Waals surface area contributed by atoms with E-state index in [4.69, 9.17) is 5.73 Å². The average Bonchev–Trinajstić information content (AvgIpc) is 2.97. The molecule has 0 saturated carbocycles. The number of nitrogens with two attached hydrogens (primary N) is 1. The summed E-state index contributed by atoms with van der Waals surface area (Å²) in [7, 11) is 0. The minimum absolute atomic E-state index is 0.289. The first-order valence-electron chi connectivity index (χ1n) is 8.48. The molecule has 4 rings (SSSR count). The van der Waals surface area contributed by atoms with Crippen LogP contribution in [-0.2, 0) is 0 Å². The Labute approximate surface area is 159 Å². The number of anilines is 2. The van der Waals surface area contributed by atoms with Gasteiger partial charge in [-0.05, 0) is 32.0 Å². The van der Waals surface area contributed by atoms with Crippen LogP contribution >= 0.6 is 11.3 Å². The maximum Gasteiger partial charge on any atom is 0.267 e. The van der Waals surface area contributed by atoms with Gasteiger partial charge in [0.2, 0.25) is 0 Å². The number of carbonyl (C=O) groups excluding carboxylic acids is 1. The molecular formula is C20H18N4O2S. The topological polar surface area (TPSA) is 101 Å². The van der Waals surface area contributed by atoms with E-state index in [1.165, 1.54) is 11.3 Å². The fourth-order valence-electron chi connectivity index (χ4n) is 3.12. The summed E-state index contributed by atoms with van der Waals surface area (Å²) in [4.78, 5) is 22.8. The van der Waals surface area contributed by atoms with Crippen LogP contribution in [0.1, 0.15) is 34.0 Å². The Morgan fingerprint density at radius 3 is 2.81 bits per heavy atom. The van der Waals surface area contributed by atoms with Gasteiger partial charge in [0, 0.05) is 28.2 Å². The van der Waals surface area contributed by atoms with Crippen LogP contribution in [0, 0.1) is 6.92 Å². The highest BCUT2D eigenvalue weighted by molar-refractivity contribution is 7.21. The van der Waals surface area contributed by atoms with Crippen molar-refractivity contribution in [2.75, 3.05) is 11.1 Å². The smallest absolute Gasteiger partial charge is 0.267 e. The summed E-state index contributed by atoms with van der Waals surface area (Å²) in [5.41, 5.74) is 9.53. The van der Waals surface area contributed by atoms with Crippen LogP contribution in [-0.4, -0.2) is 21.0 Å². The molecule has 136 valence electrons. The zero-order valence-corrected chi connectivity index (χ0v) is 15.7. The molecule has 0 fully saturated rings. The summed E-state index contributed by atoms with van der Waals surface area (Å²) in [5.74, 6) is -0.289. The second-order valence-electron chi connectivity index (χ2n) is 6.37. The number of nitrogens with one attached hydrogen (secondary N) is 1. The van der Waals surface area contributed by atoms with E-state index in [0.29, 0.717) is 32.0 Å². The number of benzene rings is 1. The number of nitrogens with zero attached hydrogens (tertiary/aromatic N) is 2. The first-order valence-corrected chi connectivity index (χ1v) is 9.30. The van der Waals surface area contributed by atoms with E-state index in [2.05, 4.69) is 15.3 Å². The third-order valence-corrected chi connectivity index (χ3v) is 5.62. The van der Waals surface area contributed by atoms with Crippen molar-refractivity contribution in [1.82, 2.24) is 9.97 Å². The van der Waals surface area contributed by atoms with Crippen molar-refractivity contribution in [2.24, 2.45) is 0 Å². The van der Waals surface area contributed by atoms with Gasteiger partial charge in [-0.2, -0.15) is 0 Å². The lowest BCUT2D eigenvalue weighted by molar-refractivity contribution is 0.103. The van der Waals surface area contributed by atoms with Gasteiger partial charge in [-0.15, -0.1) is 11.3 Å². The van der Waals surface area contributed by atoms with Gasteiger partial charge in [-0.25, -0.2) is 4.98 Å². The molecule has 4 aromatic rings. The molecule has 0 aliphatic rings. The minimum Gasteiger partial charge on any atom is -0.397 e. The average molecular weight is 378 g/mol. The molecule has 0 bridgehead atoms. The van der Waals surface area contributed by atoms with Crippen molar-refractivity contribution in [3.8, 4) is 0 Å². The standard InChI is InChI=1S/C20H18N4O2S/c1-10-13(11(2)25)9-14-17(21)18(27-20(14)23-10)19(26)24-16-7-8-22-15-6-4-3-5-12(15)16/h3-9,11,25H,21H2,1-2H3,(H,22,24,26). The number of aryl methyl sites for hydroxylation is 1. The second-order valence-corrected chi connectivity index (χ2v) is 7.37. The largest absolute Gasteiger partial charge is 0.397 e. The van der Waals surface area contributed by atoms with Gasteiger partial charge in [-0.1, -0.05) is 18.2 Å². The van der Waals surface area contributed by atoms with Crippen LogP contribution in [0.5, 0.6) is 0 Å². The Bertz CT molecular complexity index is 1180. The Kier molecular flexibility index (Phi) is 4.25. The number of aliphatic hydroxyl groups is 1. The molecule has 1 atom stereocenters. The molecule has 6 nitrogen and oxygen atoms in total. The molecule has 0 aliphatic heterocycles. The summed E-state index contributed by atoms with van der Waals surface area (Å²) >= 11 is 1.25. The zero-order valence-electron chi connectivity index (χ0n) is 14.9. The van der Waals surface area contributed by atoms with E-state index >= 15 is 0 Å². The normalized spacial score (nSPS) is 12.4. The molecule has 0 saturated heterocycles. The molecule has 4 N–H and O–H groups in total. The fraction of sp³-hybridized carbons (Fsp3) is 0.150. The van der Waals surface area contributed by atoms with E-state index in [9.17, 15) is 9.90 Å². The summed E-state index contributed by atoms with van der Waals surface area (Å²) in [6.45, 7) is 3.51. The number of hydrogen-bond donors (Lipinski definition) is 3. The van der Waals surface area contributed by atoms with Gasteiger partial charge < -0.3 is 16.2 Å². The van der Waals surface area contributed by atoms with Crippen molar-refractivity contribution in [2.45, 2.75) is 20.0 Å². The molecule has 3 aromatic heterocycles. The molecule has 3 heterocycles. The number of aliphatic hydroxyl groups excluding tert-OH is 1. The van der Waals surface area contributed by atoms with Gasteiger partial charge >= 0.3 is 0 Å². The minimum atomic E-state index is -0.651. The Morgan fingerprint density at radius 1 is 1.26 bits per heavy atom. The monoisotopic (exact) mass is 378 g/mol. The van der Waals surface area contributed by atoms with Crippen molar-refractivity contribution in [1.29, 1.82) is 0 Å². The van der Waals surface area contributed by atoms with Gasteiger partial charge in [-0.3, -0.25) is 9.78 Å². The summed E-state index contributed by atoms with van der Waals surface area (Å²) < 4.78 is 0. The number of pyridine rings is 2. The maximum atomic E-state index is 12.9. The van der Waals surface area contributed by atoms with Crippen LogP contribution in [0.2, 0.25) is 0 Å². The number of nitrogen functional groups attached to an aromatic ring is 1. The quantitative estimate of drug-likeness (QED) is 0.499. The lowest BCUT2D eigenvalue weighted by atomic mass is 10.1. The first-order chi connectivity index (χ1) is 13.0. The SMILES string of the molecule is Cc1nc2sc(C(=O)Nc3ccnc4ccccc34)c(N)c2cc1C(C)O. The summed E-state index contributed by atoms with van der Waals surface area (Å²) in [5, 5.41) is 14.4. The lowest BCUT2D eigenvalue weighted by Gasteiger charge is -2.08. The maximum absolute atomic E-state index is 12.9. The van der Waals surface area contributed by atoms with E-state index in [0.717, 1.165) is 16.6 Å². The molecule has 1 unspecified atom stereocenters. The number of hydrogen-bond acceptors (Lipinski definition) is 6. The molecule has 27 heavy (non-hydrogen) atoms. The van der Waals surface area contributed by atoms with Crippen molar-refractivity contribution in [3.05, 3.63) is 58.7 Å². The molecule has 0 spiro atoms. The number of rotatable bonds is 3. The molecule has 0 radical (unpaired) electrons.